The molecule has 0 aliphatic carbocycles. The molecule has 0 fully saturated rings. The van der Waals surface area contributed by atoms with E-state index in [0.717, 1.165) is 10.8 Å². The maximum absolute atomic E-state index is 12.8. The summed E-state index contributed by atoms with van der Waals surface area (Å²) >= 11 is 0. The van der Waals surface area contributed by atoms with Crippen LogP contribution in [0.15, 0.2) is 82.0 Å². The highest BCUT2D eigenvalue weighted by molar-refractivity contribution is 6.35. The Morgan fingerprint density at radius 1 is 0.893 bits per heavy atom. The van der Waals surface area contributed by atoms with E-state index in [1.807, 2.05) is 30.3 Å². The first-order chi connectivity index (χ1) is 13.6. The summed E-state index contributed by atoms with van der Waals surface area (Å²) in [6.07, 6.45) is 1.20. The Labute approximate surface area is 158 Å². The first-order valence-corrected chi connectivity index (χ1v) is 8.74. The maximum atomic E-state index is 12.8. The second-order valence-electron chi connectivity index (χ2n) is 6.57. The van der Waals surface area contributed by atoms with Crippen LogP contribution in [0.4, 0.5) is 5.69 Å². The van der Waals surface area contributed by atoms with E-state index in [-0.39, 0.29) is 17.0 Å². The number of ketones is 1. The number of anilines is 1. The molecule has 0 bridgehead atoms. The summed E-state index contributed by atoms with van der Waals surface area (Å²) < 4.78 is 5.38. The minimum absolute atomic E-state index is 0.103. The fourth-order valence-corrected chi connectivity index (χ4v) is 3.53. The summed E-state index contributed by atoms with van der Waals surface area (Å²) in [5.41, 5.74) is 1.10. The van der Waals surface area contributed by atoms with Crippen molar-refractivity contribution in [1.29, 1.82) is 0 Å². The third-order valence-corrected chi connectivity index (χ3v) is 4.89. The molecule has 5 nitrogen and oxygen atoms in total. The lowest BCUT2D eigenvalue weighted by molar-refractivity contribution is -0.110. The Hall–Kier alpha value is -3.99. The predicted octanol–water partition coefficient (Wildman–Crippen LogP) is 4.16. The van der Waals surface area contributed by atoms with Gasteiger partial charge in [-0.05, 0) is 35.0 Å². The summed E-state index contributed by atoms with van der Waals surface area (Å²) in [7, 11) is 0. The average molecular weight is 367 g/mol. The van der Waals surface area contributed by atoms with Gasteiger partial charge in [0.05, 0.1) is 5.57 Å². The number of carbonyl (C=O) groups excluding carboxylic acids is 2. The molecule has 1 N–H and O–H groups in total. The van der Waals surface area contributed by atoms with Gasteiger partial charge in [0.2, 0.25) is 0 Å². The third kappa shape index (κ3) is 2.45. The topological polar surface area (TPSA) is 76.4 Å². The molecule has 1 aromatic heterocycles. The summed E-state index contributed by atoms with van der Waals surface area (Å²) in [5, 5.41) is 5.25. The van der Waals surface area contributed by atoms with Gasteiger partial charge in [-0.25, -0.2) is 4.79 Å². The number of nitrogens with one attached hydrogen (secondary N) is 1. The molecule has 0 atom stereocenters. The van der Waals surface area contributed by atoms with Crippen LogP contribution >= 0.6 is 0 Å². The molecular weight excluding hydrogens is 354 g/mol. The van der Waals surface area contributed by atoms with Crippen molar-refractivity contribution in [3.8, 4) is 0 Å². The van der Waals surface area contributed by atoms with Crippen molar-refractivity contribution in [3.63, 3.8) is 0 Å². The van der Waals surface area contributed by atoms with Crippen molar-refractivity contribution >= 4 is 44.7 Å². The molecular formula is C23H13NO4. The largest absolute Gasteiger partial charge is 0.422 e. The summed E-state index contributed by atoms with van der Waals surface area (Å²) in [6, 6.07) is 19.9. The van der Waals surface area contributed by atoms with Crippen LogP contribution < -0.4 is 10.9 Å². The quantitative estimate of drug-likeness (QED) is 0.250. The van der Waals surface area contributed by atoms with E-state index in [0.29, 0.717) is 22.2 Å². The molecule has 134 valence electrons. The summed E-state index contributed by atoms with van der Waals surface area (Å²) in [4.78, 5) is 37.5. The highest BCUT2D eigenvalue weighted by atomic mass is 16.4. The van der Waals surface area contributed by atoms with E-state index in [2.05, 4.69) is 5.32 Å². The number of hydrogen-bond acceptors (Lipinski definition) is 4. The van der Waals surface area contributed by atoms with Crippen molar-refractivity contribution < 1.29 is 14.0 Å². The van der Waals surface area contributed by atoms with Crippen LogP contribution in [0.5, 0.6) is 0 Å². The number of rotatable bonds is 2. The summed E-state index contributed by atoms with van der Waals surface area (Å²) in [6.45, 7) is 0. The van der Waals surface area contributed by atoms with Gasteiger partial charge in [0, 0.05) is 16.6 Å². The minimum Gasteiger partial charge on any atom is -0.422 e. The van der Waals surface area contributed by atoms with Crippen LogP contribution in [0.2, 0.25) is 0 Å². The smallest absolute Gasteiger partial charge is 0.347 e. The van der Waals surface area contributed by atoms with Crippen LogP contribution in [-0.4, -0.2) is 11.7 Å². The SMILES string of the molecule is O=C1Nc2ccccc2/C1=C\C(=O)c1cc2c(ccc3ccccc32)oc1=O. The first kappa shape index (κ1) is 16.2. The molecule has 1 aliphatic heterocycles. The van der Waals surface area contributed by atoms with E-state index >= 15 is 0 Å². The third-order valence-electron chi connectivity index (χ3n) is 4.89. The predicted molar refractivity (Wildman–Crippen MR) is 107 cm³/mol. The van der Waals surface area contributed by atoms with Gasteiger partial charge < -0.3 is 9.73 Å². The number of hydrogen-bond donors (Lipinski definition) is 1. The number of carbonyl (C=O) groups is 2. The van der Waals surface area contributed by atoms with Gasteiger partial charge in [0.25, 0.3) is 5.91 Å². The lowest BCUT2D eigenvalue weighted by atomic mass is 10.0. The number of fused-ring (bicyclic) bond motifs is 4. The van der Waals surface area contributed by atoms with E-state index in [1.54, 1.807) is 36.4 Å². The molecule has 0 radical (unpaired) electrons. The molecule has 4 aromatic rings. The van der Waals surface area contributed by atoms with E-state index < -0.39 is 11.4 Å². The van der Waals surface area contributed by atoms with Gasteiger partial charge in [0.1, 0.15) is 11.1 Å². The van der Waals surface area contributed by atoms with Crippen molar-refractivity contribution in [3.05, 3.63) is 94.4 Å². The van der Waals surface area contributed by atoms with E-state index in [9.17, 15) is 14.4 Å². The minimum atomic E-state index is -0.726. The molecule has 0 spiro atoms. The standard InChI is InChI=1S/C23H13NO4/c25-20(12-17-15-7-3-4-8-19(15)24-22(17)26)18-11-16-14-6-2-1-5-13(14)9-10-21(16)28-23(18)27/h1-12H,(H,24,26)/b17-12+. The van der Waals surface area contributed by atoms with Gasteiger partial charge in [-0.1, -0.05) is 48.5 Å². The van der Waals surface area contributed by atoms with Crippen molar-refractivity contribution in [1.82, 2.24) is 0 Å². The maximum Gasteiger partial charge on any atom is 0.347 e. The molecule has 0 unspecified atom stereocenters. The van der Waals surface area contributed by atoms with E-state index in [1.165, 1.54) is 6.08 Å². The molecule has 28 heavy (non-hydrogen) atoms. The van der Waals surface area contributed by atoms with Crippen LogP contribution in [-0.2, 0) is 4.79 Å². The van der Waals surface area contributed by atoms with Crippen molar-refractivity contribution in [2.24, 2.45) is 0 Å². The number of para-hydroxylation sites is 1. The number of benzene rings is 3. The van der Waals surface area contributed by atoms with Gasteiger partial charge in [-0.3, -0.25) is 9.59 Å². The Balaban J connectivity index is 1.68. The lowest BCUT2D eigenvalue weighted by Gasteiger charge is -2.04. The van der Waals surface area contributed by atoms with Crippen molar-refractivity contribution in [2.45, 2.75) is 0 Å². The lowest BCUT2D eigenvalue weighted by Crippen LogP contribution is -2.13. The molecule has 0 saturated carbocycles. The molecule has 1 amide bonds. The fraction of sp³-hybridized carbons (Fsp3) is 0. The zero-order valence-corrected chi connectivity index (χ0v) is 14.6. The van der Waals surface area contributed by atoms with Gasteiger partial charge in [0.15, 0.2) is 5.78 Å². The monoisotopic (exact) mass is 367 g/mol. The van der Waals surface area contributed by atoms with Gasteiger partial charge in [-0.15, -0.1) is 0 Å². The fourth-order valence-electron chi connectivity index (χ4n) is 3.53. The van der Waals surface area contributed by atoms with Crippen LogP contribution in [0, 0.1) is 0 Å². The highest BCUT2D eigenvalue weighted by Gasteiger charge is 2.25. The molecule has 3 aromatic carbocycles. The van der Waals surface area contributed by atoms with E-state index in [4.69, 9.17) is 4.42 Å². The summed E-state index contributed by atoms with van der Waals surface area (Å²) in [5.74, 6) is -0.935. The normalized spacial score (nSPS) is 14.4. The highest BCUT2D eigenvalue weighted by Crippen LogP contribution is 2.31. The Bertz CT molecular complexity index is 1390. The van der Waals surface area contributed by atoms with Crippen LogP contribution in [0.25, 0.3) is 27.3 Å². The van der Waals surface area contributed by atoms with Gasteiger partial charge in [-0.2, -0.15) is 0 Å². The first-order valence-electron chi connectivity index (χ1n) is 8.74. The second kappa shape index (κ2) is 6.03. The number of allylic oxidation sites excluding steroid dienone is 1. The van der Waals surface area contributed by atoms with Crippen molar-refractivity contribution in [2.75, 3.05) is 5.32 Å². The van der Waals surface area contributed by atoms with Crippen LogP contribution in [0.3, 0.4) is 0 Å². The van der Waals surface area contributed by atoms with Gasteiger partial charge >= 0.3 is 5.63 Å². The Morgan fingerprint density at radius 3 is 2.57 bits per heavy atom. The Kier molecular flexibility index (Phi) is 3.49. The zero-order chi connectivity index (χ0) is 19.3. The Morgan fingerprint density at radius 2 is 1.68 bits per heavy atom. The molecule has 0 saturated heterocycles. The molecule has 5 rings (SSSR count). The molecule has 2 heterocycles. The molecule has 5 heteroatoms. The number of amides is 1. The molecule has 1 aliphatic rings. The zero-order valence-electron chi connectivity index (χ0n) is 14.6. The second-order valence-corrected chi connectivity index (χ2v) is 6.57. The average Bonchev–Trinajstić information content (AvgIpc) is 3.02. The van der Waals surface area contributed by atoms with Crippen LogP contribution in [0.1, 0.15) is 15.9 Å².